The predicted octanol–water partition coefficient (Wildman–Crippen LogP) is 7.20. The zero-order valence-corrected chi connectivity index (χ0v) is 32.0. The van der Waals surface area contributed by atoms with Crippen LogP contribution in [0, 0.1) is 0 Å². The molecule has 0 rings (SSSR count). The number of unbranched alkanes of at least 4 members (excludes halogenated alkanes) is 5. The van der Waals surface area contributed by atoms with Gasteiger partial charge in [0, 0.05) is 14.2 Å². The fourth-order valence-electron chi connectivity index (χ4n) is 4.74. The molecule has 0 radical (unpaired) electrons. The van der Waals surface area contributed by atoms with Gasteiger partial charge in [0.2, 0.25) is 0 Å². The van der Waals surface area contributed by atoms with Crippen molar-refractivity contribution in [2.24, 2.45) is 0 Å². The molecule has 2 atom stereocenters. The van der Waals surface area contributed by atoms with Gasteiger partial charge in [0.25, 0.3) is 0 Å². The molecule has 0 amide bonds. The van der Waals surface area contributed by atoms with Crippen molar-refractivity contribution in [2.45, 2.75) is 129 Å². The number of rotatable bonds is 21. The summed E-state index contributed by atoms with van der Waals surface area (Å²) in [5.74, 6) is 0. The van der Waals surface area contributed by atoms with Crippen molar-refractivity contribution in [1.29, 1.82) is 0 Å². The number of hydrogen-bond donors (Lipinski definition) is 1. The van der Waals surface area contributed by atoms with E-state index in [0.29, 0.717) is 12.1 Å². The van der Waals surface area contributed by atoms with Crippen LogP contribution in [-0.4, -0.2) is 76.4 Å². The SMILES string of the molecule is CCCCCCCC[Si](C)(O[Si](C)(C)C)O[Si](C)(C)O[Si](C)(CC[Si](CO)(OC)OC)O[Si](C)(C)C. The maximum atomic E-state index is 9.98. The standard InChI is InChI=1S/C23H60O7Si6/c1-14-15-16-17-18-19-20-34(12,27-31(4,5)6)29-33(10,11)30-35(13,28-32(7,8)9)21-22-36(23-24,25-2)26-3/h24H,14-23H2,1-13H3. The first-order chi connectivity index (χ1) is 16.3. The molecule has 7 nitrogen and oxygen atoms in total. The summed E-state index contributed by atoms with van der Waals surface area (Å²) in [4.78, 5) is 0. The van der Waals surface area contributed by atoms with Crippen LogP contribution in [-0.2, 0) is 25.3 Å². The van der Waals surface area contributed by atoms with Crippen LogP contribution >= 0.6 is 0 Å². The van der Waals surface area contributed by atoms with E-state index in [1.165, 1.54) is 32.1 Å². The second-order valence-electron chi connectivity index (χ2n) is 12.8. The Balaban J connectivity index is 5.68. The number of aliphatic hydroxyl groups excluding tert-OH is 1. The normalized spacial score (nSPS) is 17.2. The summed E-state index contributed by atoms with van der Waals surface area (Å²) in [5, 5.41) is 9.98. The van der Waals surface area contributed by atoms with Crippen LogP contribution in [0.15, 0.2) is 0 Å². The summed E-state index contributed by atoms with van der Waals surface area (Å²) < 4.78 is 38.9. The van der Waals surface area contributed by atoms with Gasteiger partial charge in [-0.1, -0.05) is 45.4 Å². The van der Waals surface area contributed by atoms with Crippen LogP contribution in [0.2, 0.25) is 83.6 Å². The highest BCUT2D eigenvalue weighted by molar-refractivity contribution is 6.91. The highest BCUT2D eigenvalue weighted by atomic mass is 28.5. The highest BCUT2D eigenvalue weighted by Gasteiger charge is 2.49. The van der Waals surface area contributed by atoms with Crippen LogP contribution in [0.5, 0.6) is 0 Å². The average molecular weight is 617 g/mol. The zero-order valence-electron chi connectivity index (χ0n) is 26.0. The molecule has 0 saturated heterocycles. The molecule has 0 aromatic rings. The lowest BCUT2D eigenvalue weighted by Crippen LogP contribution is -2.60. The fourth-order valence-corrected chi connectivity index (χ4v) is 31.9. The maximum absolute atomic E-state index is 9.98. The predicted molar refractivity (Wildman–Crippen MR) is 166 cm³/mol. The molecule has 0 aliphatic rings. The van der Waals surface area contributed by atoms with Gasteiger partial charge >= 0.3 is 34.2 Å². The molecule has 0 aliphatic carbocycles. The Hall–Kier alpha value is 1.02. The summed E-state index contributed by atoms with van der Waals surface area (Å²) in [6.45, 7) is 24.3. The molecule has 218 valence electrons. The van der Waals surface area contributed by atoms with Crippen molar-refractivity contribution < 1.29 is 30.4 Å². The Bertz CT molecular complexity index is 602. The molecule has 36 heavy (non-hydrogen) atoms. The Kier molecular flexibility index (Phi) is 16.2. The van der Waals surface area contributed by atoms with Crippen LogP contribution < -0.4 is 0 Å². The molecule has 0 bridgehead atoms. The Morgan fingerprint density at radius 2 is 0.944 bits per heavy atom. The molecule has 0 spiro atoms. The first-order valence-electron chi connectivity index (χ1n) is 13.8. The molecule has 1 N–H and O–H groups in total. The third kappa shape index (κ3) is 16.2. The van der Waals surface area contributed by atoms with Crippen LogP contribution in [0.25, 0.3) is 0 Å². The van der Waals surface area contributed by atoms with Crippen molar-refractivity contribution in [2.75, 3.05) is 20.4 Å². The van der Waals surface area contributed by atoms with Gasteiger partial charge in [-0.15, -0.1) is 0 Å². The van der Waals surface area contributed by atoms with Gasteiger partial charge in [-0.2, -0.15) is 0 Å². The molecule has 0 fully saturated rings. The number of hydrogen-bond acceptors (Lipinski definition) is 7. The lowest BCUT2D eigenvalue weighted by molar-refractivity contribution is 0.197. The van der Waals surface area contributed by atoms with E-state index in [0.717, 1.165) is 12.5 Å². The molecule has 2 unspecified atom stereocenters. The smallest absolute Gasteiger partial charge is 0.363 e. The fraction of sp³-hybridized carbons (Fsp3) is 1.00. The molecule has 0 aromatic heterocycles. The summed E-state index contributed by atoms with van der Waals surface area (Å²) in [6, 6.07) is 2.34. The lowest BCUT2D eigenvalue weighted by Gasteiger charge is -2.44. The summed E-state index contributed by atoms with van der Waals surface area (Å²) >= 11 is 0. The maximum Gasteiger partial charge on any atom is 0.363 e. The molecule has 0 saturated carbocycles. The highest BCUT2D eigenvalue weighted by Crippen LogP contribution is 2.33. The van der Waals surface area contributed by atoms with Crippen molar-refractivity contribution in [3.8, 4) is 0 Å². The van der Waals surface area contributed by atoms with E-state index >= 15 is 0 Å². The second kappa shape index (κ2) is 15.7. The van der Waals surface area contributed by atoms with Gasteiger partial charge in [0.15, 0.2) is 16.6 Å². The van der Waals surface area contributed by atoms with Gasteiger partial charge in [-0.05, 0) is 83.6 Å². The van der Waals surface area contributed by atoms with E-state index in [2.05, 4.69) is 72.4 Å². The van der Waals surface area contributed by atoms with Gasteiger partial charge < -0.3 is 30.4 Å². The molecule has 13 heteroatoms. The van der Waals surface area contributed by atoms with Crippen molar-refractivity contribution in [3.63, 3.8) is 0 Å². The first-order valence-corrected chi connectivity index (χ1v) is 30.7. The van der Waals surface area contributed by atoms with Gasteiger partial charge in [-0.25, -0.2) is 0 Å². The molecular weight excluding hydrogens is 557 g/mol. The quantitative estimate of drug-likeness (QED) is 0.108. The van der Waals surface area contributed by atoms with E-state index in [9.17, 15) is 5.11 Å². The molecular formula is C23H60O7Si6. The van der Waals surface area contributed by atoms with Gasteiger partial charge in [-0.3, -0.25) is 0 Å². The van der Waals surface area contributed by atoms with Gasteiger partial charge in [0.05, 0.1) is 6.23 Å². The second-order valence-corrected chi connectivity index (χ2v) is 36.3. The van der Waals surface area contributed by atoms with Crippen LogP contribution in [0.4, 0.5) is 0 Å². The minimum atomic E-state index is -2.68. The minimum absolute atomic E-state index is 0.0813. The van der Waals surface area contributed by atoms with E-state index in [-0.39, 0.29) is 6.23 Å². The Morgan fingerprint density at radius 1 is 0.528 bits per heavy atom. The monoisotopic (exact) mass is 616 g/mol. The van der Waals surface area contributed by atoms with Crippen LogP contribution in [0.3, 0.4) is 0 Å². The van der Waals surface area contributed by atoms with Crippen molar-refractivity contribution in [1.82, 2.24) is 0 Å². The average Bonchev–Trinajstić information content (AvgIpc) is 2.68. The third-order valence-electron chi connectivity index (χ3n) is 5.90. The summed E-state index contributed by atoms with van der Waals surface area (Å²) in [5.41, 5.74) is 0. The topological polar surface area (TPSA) is 75.6 Å². The van der Waals surface area contributed by atoms with Crippen molar-refractivity contribution >= 4 is 50.9 Å². The van der Waals surface area contributed by atoms with E-state index in [1.54, 1.807) is 14.2 Å². The van der Waals surface area contributed by atoms with Gasteiger partial charge in [0.1, 0.15) is 0 Å². The lowest BCUT2D eigenvalue weighted by atomic mass is 10.1. The summed E-state index contributed by atoms with van der Waals surface area (Å²) in [6.07, 6.45) is 7.48. The van der Waals surface area contributed by atoms with Crippen molar-refractivity contribution in [3.05, 3.63) is 0 Å². The van der Waals surface area contributed by atoms with Crippen LogP contribution in [0.1, 0.15) is 45.4 Å². The minimum Gasteiger partial charge on any atom is -0.437 e. The Morgan fingerprint density at radius 3 is 1.33 bits per heavy atom. The van der Waals surface area contributed by atoms with E-state index < -0.39 is 50.9 Å². The molecule has 0 heterocycles. The third-order valence-corrected chi connectivity index (χ3v) is 27.5. The zero-order chi connectivity index (χ0) is 28.3. The summed E-state index contributed by atoms with van der Waals surface area (Å²) in [7, 11) is -10.8. The molecule has 0 aliphatic heterocycles. The Labute approximate surface area is 230 Å². The number of aliphatic hydroxyl groups is 1. The largest absolute Gasteiger partial charge is 0.437 e. The first kappa shape index (κ1) is 37.0. The van der Waals surface area contributed by atoms with E-state index in [4.69, 9.17) is 25.3 Å². The molecule has 0 aromatic carbocycles. The van der Waals surface area contributed by atoms with E-state index in [1.807, 2.05) is 0 Å².